The standard InChI is InChI=1S/C15H17N3O2S/c1-11-7-8-14(19)18(17-11)9-4-10-20-13-6-3-2-5-12(13)15(16)21/h2-3,5-8H,4,9-10H2,1H3,(H2,16,21). The van der Waals surface area contributed by atoms with Gasteiger partial charge in [0.15, 0.2) is 0 Å². The summed E-state index contributed by atoms with van der Waals surface area (Å²) in [5.74, 6) is 0.662. The van der Waals surface area contributed by atoms with Gasteiger partial charge >= 0.3 is 0 Å². The van der Waals surface area contributed by atoms with E-state index in [0.29, 0.717) is 30.3 Å². The number of hydrogen-bond acceptors (Lipinski definition) is 4. The minimum atomic E-state index is -0.107. The topological polar surface area (TPSA) is 70.1 Å². The van der Waals surface area contributed by atoms with E-state index in [1.165, 1.54) is 10.7 Å². The Kier molecular flexibility index (Phi) is 5.05. The van der Waals surface area contributed by atoms with Gasteiger partial charge in [-0.1, -0.05) is 24.4 Å². The van der Waals surface area contributed by atoms with Crippen LogP contribution in [-0.4, -0.2) is 21.4 Å². The quantitative estimate of drug-likeness (QED) is 0.649. The Morgan fingerprint density at radius 2 is 2.10 bits per heavy atom. The number of nitrogens with two attached hydrogens (primary N) is 1. The molecule has 6 heteroatoms. The summed E-state index contributed by atoms with van der Waals surface area (Å²) in [6.45, 7) is 2.82. The van der Waals surface area contributed by atoms with Crippen LogP contribution in [0.4, 0.5) is 0 Å². The number of benzene rings is 1. The third-order valence-corrected chi connectivity index (χ3v) is 3.14. The monoisotopic (exact) mass is 303 g/mol. The average Bonchev–Trinajstić information content (AvgIpc) is 2.47. The summed E-state index contributed by atoms with van der Waals surface area (Å²) in [6, 6.07) is 10.6. The average molecular weight is 303 g/mol. The zero-order chi connectivity index (χ0) is 15.2. The Morgan fingerprint density at radius 3 is 2.86 bits per heavy atom. The minimum Gasteiger partial charge on any atom is -0.493 e. The normalized spacial score (nSPS) is 10.3. The molecule has 0 amide bonds. The van der Waals surface area contributed by atoms with Gasteiger partial charge in [0.2, 0.25) is 0 Å². The molecule has 0 saturated carbocycles. The molecular formula is C15H17N3O2S. The van der Waals surface area contributed by atoms with Gasteiger partial charge in [0.25, 0.3) is 5.56 Å². The molecule has 0 unspecified atom stereocenters. The molecule has 0 aliphatic rings. The lowest BCUT2D eigenvalue weighted by atomic mass is 10.2. The van der Waals surface area contributed by atoms with Crippen LogP contribution in [0.1, 0.15) is 17.7 Å². The van der Waals surface area contributed by atoms with Crippen molar-refractivity contribution in [3.05, 3.63) is 58.0 Å². The molecule has 0 spiro atoms. The SMILES string of the molecule is Cc1ccc(=O)n(CCCOc2ccccc2C(N)=S)n1. The second kappa shape index (κ2) is 6.99. The van der Waals surface area contributed by atoms with Gasteiger partial charge in [-0.3, -0.25) is 4.79 Å². The summed E-state index contributed by atoms with van der Waals surface area (Å²) < 4.78 is 7.12. The molecule has 0 aliphatic heterocycles. The van der Waals surface area contributed by atoms with Crippen LogP contribution in [-0.2, 0) is 6.54 Å². The zero-order valence-electron chi connectivity index (χ0n) is 11.8. The molecule has 5 nitrogen and oxygen atoms in total. The van der Waals surface area contributed by atoms with E-state index in [9.17, 15) is 4.79 Å². The van der Waals surface area contributed by atoms with Crippen molar-refractivity contribution in [2.75, 3.05) is 6.61 Å². The van der Waals surface area contributed by atoms with Crippen LogP contribution in [0.5, 0.6) is 5.75 Å². The van der Waals surface area contributed by atoms with Crippen LogP contribution in [0.15, 0.2) is 41.2 Å². The lowest BCUT2D eigenvalue weighted by Gasteiger charge is -2.10. The number of aryl methyl sites for hydroxylation is 2. The molecule has 0 bridgehead atoms. The van der Waals surface area contributed by atoms with Gasteiger partial charge in [-0.25, -0.2) is 4.68 Å². The van der Waals surface area contributed by atoms with Gasteiger partial charge in [0.05, 0.1) is 17.9 Å². The Balaban J connectivity index is 1.92. The van der Waals surface area contributed by atoms with Gasteiger partial charge in [0.1, 0.15) is 10.7 Å². The highest BCUT2D eigenvalue weighted by Crippen LogP contribution is 2.17. The molecule has 2 N–H and O–H groups in total. The fourth-order valence-corrected chi connectivity index (χ4v) is 2.07. The van der Waals surface area contributed by atoms with E-state index in [-0.39, 0.29) is 5.56 Å². The largest absolute Gasteiger partial charge is 0.493 e. The van der Waals surface area contributed by atoms with Crippen molar-refractivity contribution in [1.82, 2.24) is 9.78 Å². The van der Waals surface area contributed by atoms with E-state index in [4.69, 9.17) is 22.7 Å². The number of hydrogen-bond donors (Lipinski definition) is 1. The van der Waals surface area contributed by atoms with E-state index in [1.54, 1.807) is 6.07 Å². The van der Waals surface area contributed by atoms with Gasteiger partial charge in [0, 0.05) is 19.0 Å². The smallest absolute Gasteiger partial charge is 0.266 e. The maximum absolute atomic E-state index is 11.6. The Hall–Kier alpha value is -2.21. The fraction of sp³-hybridized carbons (Fsp3) is 0.267. The molecule has 0 saturated heterocycles. The Morgan fingerprint density at radius 1 is 1.33 bits per heavy atom. The zero-order valence-corrected chi connectivity index (χ0v) is 12.6. The summed E-state index contributed by atoms with van der Waals surface area (Å²) in [5, 5.41) is 4.17. The van der Waals surface area contributed by atoms with Crippen LogP contribution in [0.25, 0.3) is 0 Å². The number of rotatable bonds is 6. The summed E-state index contributed by atoms with van der Waals surface area (Å²) in [7, 11) is 0. The third-order valence-electron chi connectivity index (χ3n) is 2.92. The van der Waals surface area contributed by atoms with Crippen LogP contribution in [0.3, 0.4) is 0 Å². The highest BCUT2D eigenvalue weighted by molar-refractivity contribution is 7.80. The first-order chi connectivity index (χ1) is 10.1. The van der Waals surface area contributed by atoms with E-state index in [1.807, 2.05) is 31.2 Å². The van der Waals surface area contributed by atoms with Crippen molar-refractivity contribution in [2.24, 2.45) is 5.73 Å². The molecule has 2 rings (SSSR count). The second-order valence-corrected chi connectivity index (χ2v) is 5.04. The van der Waals surface area contributed by atoms with Crippen LogP contribution in [0, 0.1) is 6.92 Å². The Labute approximate surface area is 128 Å². The molecule has 0 radical (unpaired) electrons. The van der Waals surface area contributed by atoms with Crippen molar-refractivity contribution in [3.8, 4) is 5.75 Å². The van der Waals surface area contributed by atoms with Gasteiger partial charge < -0.3 is 10.5 Å². The first-order valence-electron chi connectivity index (χ1n) is 6.64. The number of aromatic nitrogens is 2. The Bertz CT molecular complexity index is 697. The maximum atomic E-state index is 11.6. The van der Waals surface area contributed by atoms with Crippen LogP contribution < -0.4 is 16.0 Å². The highest BCUT2D eigenvalue weighted by atomic mass is 32.1. The number of ether oxygens (including phenoxy) is 1. The van der Waals surface area contributed by atoms with Crippen molar-refractivity contribution >= 4 is 17.2 Å². The number of nitrogens with zero attached hydrogens (tertiary/aromatic N) is 2. The molecule has 0 fully saturated rings. The van der Waals surface area contributed by atoms with E-state index in [0.717, 1.165) is 11.3 Å². The van der Waals surface area contributed by atoms with Crippen molar-refractivity contribution in [2.45, 2.75) is 19.9 Å². The number of para-hydroxylation sites is 1. The summed E-state index contributed by atoms with van der Waals surface area (Å²) in [6.07, 6.45) is 0.669. The van der Waals surface area contributed by atoms with Crippen molar-refractivity contribution in [3.63, 3.8) is 0 Å². The first kappa shape index (κ1) is 15.2. The fourth-order valence-electron chi connectivity index (χ4n) is 1.90. The molecule has 2 aromatic rings. The van der Waals surface area contributed by atoms with Crippen LogP contribution in [0.2, 0.25) is 0 Å². The molecule has 110 valence electrons. The molecule has 1 heterocycles. The predicted molar refractivity (Wildman–Crippen MR) is 85.7 cm³/mol. The minimum absolute atomic E-state index is 0.107. The van der Waals surface area contributed by atoms with Gasteiger partial charge in [-0.05, 0) is 25.1 Å². The number of thiocarbonyl (C=S) groups is 1. The molecular weight excluding hydrogens is 286 g/mol. The van der Waals surface area contributed by atoms with Crippen molar-refractivity contribution in [1.29, 1.82) is 0 Å². The lowest BCUT2D eigenvalue weighted by molar-refractivity contribution is 0.296. The molecule has 0 aliphatic carbocycles. The molecule has 1 aromatic carbocycles. The summed E-state index contributed by atoms with van der Waals surface area (Å²) in [4.78, 5) is 11.9. The third kappa shape index (κ3) is 4.13. The molecule has 1 aromatic heterocycles. The van der Waals surface area contributed by atoms with Crippen LogP contribution >= 0.6 is 12.2 Å². The lowest BCUT2D eigenvalue weighted by Crippen LogP contribution is -2.23. The molecule has 0 atom stereocenters. The predicted octanol–water partition coefficient (Wildman–Crippen LogP) is 1.66. The molecule has 21 heavy (non-hydrogen) atoms. The second-order valence-electron chi connectivity index (χ2n) is 4.60. The summed E-state index contributed by atoms with van der Waals surface area (Å²) in [5.41, 5.74) is 7.07. The van der Waals surface area contributed by atoms with E-state index >= 15 is 0 Å². The van der Waals surface area contributed by atoms with E-state index < -0.39 is 0 Å². The van der Waals surface area contributed by atoms with Gasteiger partial charge in [-0.15, -0.1) is 0 Å². The summed E-state index contributed by atoms with van der Waals surface area (Å²) >= 11 is 4.98. The first-order valence-corrected chi connectivity index (χ1v) is 7.05. The van der Waals surface area contributed by atoms with Gasteiger partial charge in [-0.2, -0.15) is 5.10 Å². The van der Waals surface area contributed by atoms with Crippen molar-refractivity contribution < 1.29 is 4.74 Å². The van der Waals surface area contributed by atoms with E-state index in [2.05, 4.69) is 5.10 Å². The maximum Gasteiger partial charge on any atom is 0.266 e. The highest BCUT2D eigenvalue weighted by Gasteiger charge is 2.05.